The first kappa shape index (κ1) is 24.8. The Balaban J connectivity index is 1.36. The molecule has 34 heavy (non-hydrogen) atoms. The number of ether oxygens (including phenoxy) is 1. The second kappa shape index (κ2) is 10.5. The zero-order chi connectivity index (χ0) is 24.3. The van der Waals surface area contributed by atoms with Crippen molar-refractivity contribution in [2.75, 3.05) is 32.5 Å². The van der Waals surface area contributed by atoms with Gasteiger partial charge in [-0.3, -0.25) is 9.69 Å². The summed E-state index contributed by atoms with van der Waals surface area (Å²) in [5, 5.41) is 15.3. The van der Waals surface area contributed by atoms with Crippen LogP contribution in [0, 0.1) is 11.7 Å². The molecule has 0 radical (unpaired) electrons. The fourth-order valence-corrected chi connectivity index (χ4v) is 5.43. The Hall–Kier alpha value is -2.35. The van der Waals surface area contributed by atoms with Crippen LogP contribution in [0.5, 0.6) is 5.75 Å². The van der Waals surface area contributed by atoms with E-state index in [1.165, 1.54) is 11.6 Å². The van der Waals surface area contributed by atoms with Gasteiger partial charge in [0.25, 0.3) is 0 Å². The largest absolute Gasteiger partial charge is 0.487 e. The van der Waals surface area contributed by atoms with Crippen LogP contribution in [0.2, 0.25) is 5.02 Å². The van der Waals surface area contributed by atoms with E-state index >= 15 is 0 Å². The predicted molar refractivity (Wildman–Crippen MR) is 132 cm³/mol. The first-order valence-corrected chi connectivity index (χ1v) is 12.2. The van der Waals surface area contributed by atoms with E-state index in [1.807, 2.05) is 0 Å². The van der Waals surface area contributed by atoms with E-state index in [-0.39, 0.29) is 22.4 Å². The van der Waals surface area contributed by atoms with E-state index in [2.05, 4.69) is 60.0 Å². The molecule has 3 N–H and O–H groups in total. The van der Waals surface area contributed by atoms with Crippen LogP contribution in [0.3, 0.4) is 0 Å². The van der Waals surface area contributed by atoms with Gasteiger partial charge in [-0.1, -0.05) is 41.9 Å². The molecule has 8 heteroatoms. The minimum absolute atomic E-state index is 0.0499. The van der Waals surface area contributed by atoms with Crippen molar-refractivity contribution in [3.8, 4) is 5.75 Å². The number of nitrogens with zero attached hydrogens (tertiary/aromatic N) is 1. The summed E-state index contributed by atoms with van der Waals surface area (Å²) < 4.78 is 20.4. The molecule has 2 aromatic rings. The third-order valence-electron chi connectivity index (χ3n) is 7.37. The summed E-state index contributed by atoms with van der Waals surface area (Å²) in [4.78, 5) is 13.5. The maximum atomic E-state index is 14.5. The zero-order valence-corrected chi connectivity index (χ0v) is 20.4. The molecule has 2 fully saturated rings. The van der Waals surface area contributed by atoms with Gasteiger partial charge in [0.15, 0.2) is 0 Å². The van der Waals surface area contributed by atoms with E-state index in [0.29, 0.717) is 24.6 Å². The minimum Gasteiger partial charge on any atom is -0.487 e. The Bertz CT molecular complexity index is 996. The van der Waals surface area contributed by atoms with Crippen molar-refractivity contribution in [2.45, 2.75) is 49.8 Å². The molecule has 1 aliphatic heterocycles. The molecule has 0 amide bonds. The van der Waals surface area contributed by atoms with Crippen LogP contribution in [-0.2, 0) is 10.3 Å². The molecule has 6 nitrogen and oxygen atoms in total. The number of hydrogen-bond donors (Lipinski definition) is 3. The number of halogens is 2. The normalized spacial score (nSPS) is 27.0. The standard InChI is InChI=1S/C26H33ClFN3O3/c1-31(2)26(18-6-4-3-5-7-18)10-8-17(9-11-26)15-29-19-12-21(28)24(27)23(13-19)34-20-14-22(25(32)33)30-16-20/h3-7,12-13,17,20,22,29-30H,8-11,14-16H2,1-2H3,(H,32,33)/t17?,20-,22-,26?/m0/s1. The molecule has 2 aromatic carbocycles. The Morgan fingerprint density at radius 2 is 1.97 bits per heavy atom. The maximum Gasteiger partial charge on any atom is 0.320 e. The fourth-order valence-electron chi connectivity index (χ4n) is 5.28. The number of benzene rings is 2. The second-order valence-electron chi connectivity index (χ2n) is 9.66. The fraction of sp³-hybridized carbons (Fsp3) is 0.500. The van der Waals surface area contributed by atoms with Gasteiger partial charge in [-0.2, -0.15) is 0 Å². The van der Waals surface area contributed by atoms with Crippen LogP contribution in [0.1, 0.15) is 37.7 Å². The smallest absolute Gasteiger partial charge is 0.320 e. The van der Waals surface area contributed by atoms with E-state index in [1.54, 1.807) is 6.07 Å². The van der Waals surface area contributed by atoms with Crippen molar-refractivity contribution in [3.05, 3.63) is 58.9 Å². The highest BCUT2D eigenvalue weighted by Gasteiger charge is 2.38. The summed E-state index contributed by atoms with van der Waals surface area (Å²) >= 11 is 6.14. The molecule has 0 aromatic heterocycles. The number of carboxylic acid groups (broad SMARTS) is 1. The van der Waals surface area contributed by atoms with E-state index < -0.39 is 17.8 Å². The lowest BCUT2D eigenvalue weighted by Gasteiger charge is -2.45. The van der Waals surface area contributed by atoms with E-state index in [9.17, 15) is 9.18 Å². The Labute approximate surface area is 205 Å². The highest BCUT2D eigenvalue weighted by molar-refractivity contribution is 6.32. The molecule has 0 unspecified atom stereocenters. The number of carbonyl (C=O) groups is 1. The van der Waals surface area contributed by atoms with E-state index in [0.717, 1.165) is 32.2 Å². The lowest BCUT2D eigenvalue weighted by molar-refractivity contribution is -0.139. The summed E-state index contributed by atoms with van der Waals surface area (Å²) in [5.74, 6) is -0.754. The van der Waals surface area contributed by atoms with Gasteiger partial charge in [-0.15, -0.1) is 0 Å². The summed E-state index contributed by atoms with van der Waals surface area (Å²) in [6.45, 7) is 1.12. The molecule has 1 aliphatic carbocycles. The van der Waals surface area contributed by atoms with Crippen LogP contribution in [0.15, 0.2) is 42.5 Å². The van der Waals surface area contributed by atoms with Gasteiger partial charge in [0.05, 0.1) is 0 Å². The lowest BCUT2D eigenvalue weighted by Crippen LogP contribution is -2.45. The van der Waals surface area contributed by atoms with E-state index in [4.69, 9.17) is 21.4 Å². The average molecular weight is 490 g/mol. The van der Waals surface area contributed by atoms with Crippen LogP contribution >= 0.6 is 11.6 Å². The van der Waals surface area contributed by atoms with Crippen molar-refractivity contribution in [1.29, 1.82) is 0 Å². The van der Waals surface area contributed by atoms with Crippen molar-refractivity contribution in [3.63, 3.8) is 0 Å². The van der Waals surface area contributed by atoms with Gasteiger partial charge in [0.1, 0.15) is 28.7 Å². The highest BCUT2D eigenvalue weighted by atomic mass is 35.5. The first-order chi connectivity index (χ1) is 16.3. The number of aliphatic carboxylic acids is 1. The molecule has 0 spiro atoms. The van der Waals surface area contributed by atoms with Crippen LogP contribution < -0.4 is 15.4 Å². The highest BCUT2D eigenvalue weighted by Crippen LogP contribution is 2.43. The lowest BCUT2D eigenvalue weighted by atomic mass is 9.72. The number of hydrogen-bond acceptors (Lipinski definition) is 5. The third kappa shape index (κ3) is 5.32. The van der Waals surface area contributed by atoms with Gasteiger partial charge in [-0.25, -0.2) is 4.39 Å². The topological polar surface area (TPSA) is 73.8 Å². The van der Waals surface area contributed by atoms with Gasteiger partial charge in [-0.05, 0) is 57.3 Å². The first-order valence-electron chi connectivity index (χ1n) is 11.9. The number of rotatable bonds is 8. The average Bonchev–Trinajstić information content (AvgIpc) is 3.30. The molecule has 1 saturated heterocycles. The zero-order valence-electron chi connectivity index (χ0n) is 19.7. The number of anilines is 1. The predicted octanol–water partition coefficient (Wildman–Crippen LogP) is 4.73. The van der Waals surface area contributed by atoms with Gasteiger partial charge in [0.2, 0.25) is 0 Å². The molecule has 2 atom stereocenters. The quantitative estimate of drug-likeness (QED) is 0.497. The Morgan fingerprint density at radius 1 is 1.26 bits per heavy atom. The van der Waals surface area contributed by atoms with Crippen molar-refractivity contribution in [1.82, 2.24) is 10.2 Å². The summed E-state index contributed by atoms with van der Waals surface area (Å²) in [5.41, 5.74) is 2.03. The molecular formula is C26H33ClFN3O3. The number of carboxylic acids is 1. The molecular weight excluding hydrogens is 457 g/mol. The molecule has 4 rings (SSSR count). The van der Waals surface area contributed by atoms with Gasteiger partial charge >= 0.3 is 5.97 Å². The van der Waals surface area contributed by atoms with Gasteiger partial charge < -0.3 is 20.5 Å². The summed E-state index contributed by atoms with van der Waals surface area (Å²) in [7, 11) is 4.31. The van der Waals surface area contributed by atoms with Gasteiger partial charge in [0, 0.05) is 36.8 Å². The molecule has 0 bridgehead atoms. The van der Waals surface area contributed by atoms with Crippen molar-refractivity contribution < 1.29 is 19.0 Å². The number of nitrogens with one attached hydrogen (secondary N) is 2. The second-order valence-corrected chi connectivity index (χ2v) is 10.0. The minimum atomic E-state index is -0.920. The van der Waals surface area contributed by atoms with Crippen molar-refractivity contribution in [2.24, 2.45) is 5.92 Å². The SMILES string of the molecule is CN(C)C1(c2ccccc2)CCC(CNc2cc(F)c(Cl)c(O[C@@H]3CN[C@H](C(=O)O)C3)c2)CC1. The third-order valence-corrected chi connectivity index (χ3v) is 7.74. The van der Waals surface area contributed by atoms with Crippen LogP contribution in [0.25, 0.3) is 0 Å². The molecule has 1 heterocycles. The Morgan fingerprint density at radius 3 is 2.59 bits per heavy atom. The Kier molecular flexibility index (Phi) is 7.65. The monoisotopic (exact) mass is 489 g/mol. The molecule has 184 valence electrons. The van der Waals surface area contributed by atoms with Crippen LogP contribution in [0.4, 0.5) is 10.1 Å². The molecule has 2 aliphatic rings. The van der Waals surface area contributed by atoms with Crippen LogP contribution in [-0.4, -0.2) is 55.3 Å². The summed E-state index contributed by atoms with van der Waals surface area (Å²) in [6.07, 6.45) is 4.22. The molecule has 1 saturated carbocycles. The van der Waals surface area contributed by atoms with Crippen molar-refractivity contribution >= 4 is 23.3 Å². The summed E-state index contributed by atoms with van der Waals surface area (Å²) in [6, 6.07) is 13.1. The maximum absolute atomic E-state index is 14.5.